The smallest absolute Gasteiger partial charge is 0.0642 e. The summed E-state index contributed by atoms with van der Waals surface area (Å²) in [5, 5.41) is 3.42. The standard InChI is InChI=1S/C17H27N3O/c1-15-2-3-16(4-7-19-8-5-18-6-9-19)17(14-15)20-10-12-21-13-11-20/h2-3,14,18H,4-13H2,1H3. The zero-order valence-corrected chi connectivity index (χ0v) is 13.1. The SMILES string of the molecule is Cc1ccc(CCN2CCNCC2)c(N2CCOCC2)c1. The molecule has 1 aromatic rings. The summed E-state index contributed by atoms with van der Waals surface area (Å²) >= 11 is 0. The van der Waals surface area contributed by atoms with Gasteiger partial charge in [0.25, 0.3) is 0 Å². The molecule has 21 heavy (non-hydrogen) atoms. The number of piperazine rings is 1. The predicted molar refractivity (Wildman–Crippen MR) is 87.2 cm³/mol. The number of rotatable bonds is 4. The molecule has 0 saturated carbocycles. The molecule has 3 rings (SSSR count). The van der Waals surface area contributed by atoms with Gasteiger partial charge in [-0.2, -0.15) is 0 Å². The maximum Gasteiger partial charge on any atom is 0.0642 e. The quantitative estimate of drug-likeness (QED) is 0.904. The molecule has 1 N–H and O–H groups in total. The second-order valence-corrected chi connectivity index (χ2v) is 6.07. The summed E-state index contributed by atoms with van der Waals surface area (Å²) in [5.74, 6) is 0. The van der Waals surface area contributed by atoms with E-state index in [1.54, 1.807) is 0 Å². The Hall–Kier alpha value is -1.10. The lowest BCUT2D eigenvalue weighted by Crippen LogP contribution is -2.44. The summed E-state index contributed by atoms with van der Waals surface area (Å²) in [6.07, 6.45) is 1.15. The zero-order chi connectivity index (χ0) is 14.5. The third-order valence-electron chi connectivity index (χ3n) is 4.50. The molecule has 2 fully saturated rings. The fourth-order valence-electron chi connectivity index (χ4n) is 3.20. The van der Waals surface area contributed by atoms with Crippen molar-refractivity contribution in [1.82, 2.24) is 10.2 Å². The van der Waals surface area contributed by atoms with E-state index in [9.17, 15) is 0 Å². The van der Waals surface area contributed by atoms with E-state index in [1.165, 1.54) is 36.4 Å². The van der Waals surface area contributed by atoms with Crippen molar-refractivity contribution < 1.29 is 4.74 Å². The average Bonchev–Trinajstić information content (AvgIpc) is 2.55. The van der Waals surface area contributed by atoms with Crippen molar-refractivity contribution in [3.63, 3.8) is 0 Å². The minimum Gasteiger partial charge on any atom is -0.378 e. The minimum absolute atomic E-state index is 0.852. The summed E-state index contributed by atoms with van der Waals surface area (Å²) in [7, 11) is 0. The van der Waals surface area contributed by atoms with Gasteiger partial charge in [0.05, 0.1) is 13.2 Å². The molecule has 0 unspecified atom stereocenters. The van der Waals surface area contributed by atoms with Gasteiger partial charge in [-0.3, -0.25) is 0 Å². The first kappa shape index (κ1) is 14.8. The number of morpholine rings is 1. The van der Waals surface area contributed by atoms with Gasteiger partial charge >= 0.3 is 0 Å². The number of aryl methyl sites for hydroxylation is 1. The molecule has 116 valence electrons. The number of nitrogens with zero attached hydrogens (tertiary/aromatic N) is 2. The number of benzene rings is 1. The third kappa shape index (κ3) is 3.96. The summed E-state index contributed by atoms with van der Waals surface area (Å²) < 4.78 is 5.49. The fraction of sp³-hybridized carbons (Fsp3) is 0.647. The van der Waals surface area contributed by atoms with E-state index in [4.69, 9.17) is 4.74 Å². The van der Waals surface area contributed by atoms with Crippen LogP contribution >= 0.6 is 0 Å². The fourth-order valence-corrected chi connectivity index (χ4v) is 3.20. The van der Waals surface area contributed by atoms with Crippen molar-refractivity contribution in [3.8, 4) is 0 Å². The van der Waals surface area contributed by atoms with Crippen LogP contribution < -0.4 is 10.2 Å². The molecule has 4 nitrogen and oxygen atoms in total. The molecule has 2 aliphatic heterocycles. The lowest BCUT2D eigenvalue weighted by molar-refractivity contribution is 0.122. The van der Waals surface area contributed by atoms with Crippen molar-refractivity contribution in [2.75, 3.05) is 63.9 Å². The first-order valence-electron chi connectivity index (χ1n) is 8.18. The Labute approximate surface area is 128 Å². The normalized spacial score (nSPS) is 20.7. The van der Waals surface area contributed by atoms with E-state index in [1.807, 2.05) is 0 Å². The lowest BCUT2D eigenvalue weighted by atomic mass is 10.0. The number of nitrogens with one attached hydrogen (secondary N) is 1. The largest absolute Gasteiger partial charge is 0.378 e. The number of anilines is 1. The third-order valence-corrected chi connectivity index (χ3v) is 4.50. The van der Waals surface area contributed by atoms with Crippen LogP contribution in [0.25, 0.3) is 0 Å². The number of ether oxygens (including phenoxy) is 1. The highest BCUT2D eigenvalue weighted by Gasteiger charge is 2.16. The van der Waals surface area contributed by atoms with Crippen molar-refractivity contribution >= 4 is 5.69 Å². The van der Waals surface area contributed by atoms with Gasteiger partial charge in [-0.1, -0.05) is 12.1 Å². The molecule has 2 saturated heterocycles. The Balaban J connectivity index is 1.68. The minimum atomic E-state index is 0.852. The van der Waals surface area contributed by atoms with Crippen molar-refractivity contribution in [2.45, 2.75) is 13.3 Å². The van der Waals surface area contributed by atoms with E-state index < -0.39 is 0 Å². The molecule has 0 spiro atoms. The van der Waals surface area contributed by atoms with Crippen LogP contribution in [-0.2, 0) is 11.2 Å². The second-order valence-electron chi connectivity index (χ2n) is 6.07. The highest BCUT2D eigenvalue weighted by atomic mass is 16.5. The molecular formula is C17H27N3O. The first-order valence-corrected chi connectivity index (χ1v) is 8.18. The summed E-state index contributed by atoms with van der Waals surface area (Å²) in [6, 6.07) is 6.91. The van der Waals surface area contributed by atoms with Gasteiger partial charge in [-0.15, -0.1) is 0 Å². The van der Waals surface area contributed by atoms with E-state index in [-0.39, 0.29) is 0 Å². The highest BCUT2D eigenvalue weighted by Crippen LogP contribution is 2.24. The number of hydrogen-bond donors (Lipinski definition) is 1. The molecule has 1 aromatic carbocycles. The predicted octanol–water partition coefficient (Wildman–Crippen LogP) is 1.28. The van der Waals surface area contributed by atoms with E-state index in [2.05, 4.69) is 40.2 Å². The van der Waals surface area contributed by atoms with Crippen LogP contribution in [0.1, 0.15) is 11.1 Å². The van der Waals surface area contributed by atoms with Crippen LogP contribution in [-0.4, -0.2) is 63.9 Å². The van der Waals surface area contributed by atoms with Crippen molar-refractivity contribution in [1.29, 1.82) is 0 Å². The van der Waals surface area contributed by atoms with Gasteiger partial charge in [0.1, 0.15) is 0 Å². The van der Waals surface area contributed by atoms with Gasteiger partial charge in [-0.05, 0) is 30.5 Å². The van der Waals surface area contributed by atoms with E-state index in [0.29, 0.717) is 0 Å². The van der Waals surface area contributed by atoms with E-state index >= 15 is 0 Å². The lowest BCUT2D eigenvalue weighted by Gasteiger charge is -2.32. The van der Waals surface area contributed by atoms with Crippen LogP contribution in [0.5, 0.6) is 0 Å². The molecular weight excluding hydrogens is 262 g/mol. The van der Waals surface area contributed by atoms with Crippen LogP contribution in [0.2, 0.25) is 0 Å². The molecule has 4 heteroatoms. The van der Waals surface area contributed by atoms with E-state index in [0.717, 1.165) is 45.8 Å². The molecule has 0 atom stereocenters. The molecule has 0 aromatic heterocycles. The molecule has 0 amide bonds. The zero-order valence-electron chi connectivity index (χ0n) is 13.1. The Kier molecular flexibility index (Phi) is 5.12. The van der Waals surface area contributed by atoms with Crippen LogP contribution in [0.3, 0.4) is 0 Å². The Morgan fingerprint density at radius 3 is 2.62 bits per heavy atom. The molecule has 0 aliphatic carbocycles. The Morgan fingerprint density at radius 1 is 1.10 bits per heavy atom. The monoisotopic (exact) mass is 289 g/mol. The molecule has 2 aliphatic rings. The van der Waals surface area contributed by atoms with Gasteiger partial charge in [-0.25, -0.2) is 0 Å². The van der Waals surface area contributed by atoms with Crippen LogP contribution in [0, 0.1) is 6.92 Å². The second kappa shape index (κ2) is 7.25. The molecule has 2 heterocycles. The highest BCUT2D eigenvalue weighted by molar-refractivity contribution is 5.56. The summed E-state index contributed by atoms with van der Waals surface area (Å²) in [5.41, 5.74) is 4.26. The van der Waals surface area contributed by atoms with Gasteiger partial charge in [0, 0.05) is 51.5 Å². The van der Waals surface area contributed by atoms with Gasteiger partial charge in [0.2, 0.25) is 0 Å². The topological polar surface area (TPSA) is 27.7 Å². The van der Waals surface area contributed by atoms with Crippen molar-refractivity contribution in [3.05, 3.63) is 29.3 Å². The average molecular weight is 289 g/mol. The number of hydrogen-bond acceptors (Lipinski definition) is 4. The molecule has 0 bridgehead atoms. The maximum absolute atomic E-state index is 5.49. The van der Waals surface area contributed by atoms with Crippen LogP contribution in [0.15, 0.2) is 18.2 Å². The Morgan fingerprint density at radius 2 is 1.86 bits per heavy atom. The van der Waals surface area contributed by atoms with Crippen LogP contribution in [0.4, 0.5) is 5.69 Å². The van der Waals surface area contributed by atoms with Crippen molar-refractivity contribution in [2.24, 2.45) is 0 Å². The van der Waals surface area contributed by atoms with Gasteiger partial charge in [0.15, 0.2) is 0 Å². The summed E-state index contributed by atoms with van der Waals surface area (Å²) in [4.78, 5) is 5.06. The maximum atomic E-state index is 5.49. The first-order chi connectivity index (χ1) is 10.3. The van der Waals surface area contributed by atoms with Gasteiger partial charge < -0.3 is 19.9 Å². The molecule has 0 radical (unpaired) electrons. The Bertz CT molecular complexity index is 451. The summed E-state index contributed by atoms with van der Waals surface area (Å²) in [6.45, 7) is 11.7.